The van der Waals surface area contributed by atoms with Crippen LogP contribution in [0.3, 0.4) is 0 Å². The molecule has 3 aromatic carbocycles. The molecule has 0 bridgehead atoms. The van der Waals surface area contributed by atoms with Crippen LogP contribution in [0.25, 0.3) is 11.1 Å². The zero-order chi connectivity index (χ0) is 23.6. The Morgan fingerprint density at radius 2 is 1.79 bits per heavy atom. The van der Waals surface area contributed by atoms with E-state index in [1.54, 1.807) is 60.7 Å². The van der Waals surface area contributed by atoms with Crippen molar-refractivity contribution in [2.45, 2.75) is 30.2 Å². The maximum absolute atomic E-state index is 13.5. The van der Waals surface area contributed by atoms with Crippen LogP contribution in [0.2, 0.25) is 5.02 Å². The van der Waals surface area contributed by atoms with Gasteiger partial charge in [0.25, 0.3) is 10.0 Å². The summed E-state index contributed by atoms with van der Waals surface area (Å²) in [6, 6.07) is 16.9. The minimum Gasteiger partial charge on any atom is -0.496 e. The van der Waals surface area contributed by atoms with E-state index in [0.29, 0.717) is 41.3 Å². The van der Waals surface area contributed by atoms with Crippen LogP contribution in [0, 0.1) is 0 Å². The van der Waals surface area contributed by atoms with Gasteiger partial charge in [0.15, 0.2) is 0 Å². The normalized spacial score (nSPS) is 15.4. The lowest BCUT2D eigenvalue weighted by Gasteiger charge is -2.28. The molecule has 0 saturated carbocycles. The first-order valence-electron chi connectivity index (χ1n) is 10.3. The van der Waals surface area contributed by atoms with E-state index in [1.807, 2.05) is 0 Å². The highest BCUT2D eigenvalue weighted by Crippen LogP contribution is 2.37. The van der Waals surface area contributed by atoms with Gasteiger partial charge in [-0.15, -0.1) is 0 Å². The Kier molecular flexibility index (Phi) is 6.49. The molecule has 1 aliphatic rings. The number of hydrogen-bond acceptors (Lipinski definition) is 4. The van der Waals surface area contributed by atoms with Gasteiger partial charge >= 0.3 is 6.09 Å². The van der Waals surface area contributed by atoms with Crippen molar-refractivity contribution in [3.8, 4) is 16.9 Å². The molecule has 0 radical (unpaired) electrons. The average molecular weight is 487 g/mol. The first-order valence-corrected chi connectivity index (χ1v) is 12.2. The molecule has 172 valence electrons. The zero-order valence-electron chi connectivity index (χ0n) is 17.8. The molecule has 0 heterocycles. The van der Waals surface area contributed by atoms with Gasteiger partial charge in [-0.2, -0.15) is 0 Å². The fourth-order valence-corrected chi connectivity index (χ4v) is 5.65. The summed E-state index contributed by atoms with van der Waals surface area (Å²) in [5, 5.41) is 12.1. The van der Waals surface area contributed by atoms with Gasteiger partial charge in [0.1, 0.15) is 5.75 Å². The van der Waals surface area contributed by atoms with Crippen LogP contribution in [0.1, 0.15) is 17.5 Å². The number of amides is 1. The molecule has 3 N–H and O–H groups in total. The number of halogens is 1. The number of carbonyl (C=O) groups is 1. The Morgan fingerprint density at radius 3 is 2.48 bits per heavy atom. The molecule has 0 aromatic heterocycles. The maximum atomic E-state index is 13.5. The molecule has 0 aliphatic heterocycles. The Hall–Kier alpha value is -3.23. The highest BCUT2D eigenvalue weighted by Gasteiger charge is 2.27. The number of carboxylic acid groups (broad SMARTS) is 1. The van der Waals surface area contributed by atoms with Crippen LogP contribution in [0.4, 0.5) is 10.5 Å². The van der Waals surface area contributed by atoms with Crippen molar-refractivity contribution in [3.05, 3.63) is 76.8 Å². The van der Waals surface area contributed by atoms with Gasteiger partial charge in [-0.05, 0) is 60.7 Å². The second-order valence-corrected chi connectivity index (χ2v) is 9.86. The van der Waals surface area contributed by atoms with Gasteiger partial charge in [-0.25, -0.2) is 13.2 Å². The summed E-state index contributed by atoms with van der Waals surface area (Å²) < 4.78 is 35.1. The number of nitrogens with one attached hydrogen (secondary N) is 2. The number of sulfonamides is 1. The van der Waals surface area contributed by atoms with Crippen molar-refractivity contribution < 1.29 is 23.1 Å². The van der Waals surface area contributed by atoms with Gasteiger partial charge in [0, 0.05) is 22.2 Å². The molecule has 1 atom stereocenters. The van der Waals surface area contributed by atoms with E-state index in [1.165, 1.54) is 7.11 Å². The molecule has 0 unspecified atom stereocenters. The molecule has 9 heteroatoms. The van der Waals surface area contributed by atoms with Crippen LogP contribution < -0.4 is 14.8 Å². The molecule has 0 spiro atoms. The minimum absolute atomic E-state index is 0.151. The van der Waals surface area contributed by atoms with E-state index < -0.39 is 16.1 Å². The SMILES string of the molecule is COc1ccc(NS(=O)(=O)c2ccccc2-c2ccc(Cl)cc2)c2c1C[C@@H](NC(=O)O)CC2. The number of rotatable bonds is 6. The van der Waals surface area contributed by atoms with E-state index in [-0.39, 0.29) is 10.9 Å². The predicted molar refractivity (Wildman–Crippen MR) is 128 cm³/mol. The summed E-state index contributed by atoms with van der Waals surface area (Å²) in [5.41, 5.74) is 3.37. The van der Waals surface area contributed by atoms with Gasteiger partial charge in [0.2, 0.25) is 0 Å². The molecule has 3 aromatic rings. The lowest BCUT2D eigenvalue weighted by atomic mass is 9.86. The molecule has 4 rings (SSSR count). The molecular weight excluding hydrogens is 464 g/mol. The Bertz CT molecular complexity index is 1290. The lowest BCUT2D eigenvalue weighted by molar-refractivity contribution is 0.188. The largest absolute Gasteiger partial charge is 0.496 e. The first-order chi connectivity index (χ1) is 15.8. The number of hydrogen-bond donors (Lipinski definition) is 3. The third-order valence-corrected chi connectivity index (χ3v) is 7.38. The Balaban J connectivity index is 1.71. The second-order valence-electron chi connectivity index (χ2n) is 7.77. The number of methoxy groups -OCH3 is 1. The van der Waals surface area contributed by atoms with E-state index in [4.69, 9.17) is 21.4 Å². The smallest absolute Gasteiger partial charge is 0.404 e. The zero-order valence-corrected chi connectivity index (χ0v) is 19.4. The Labute approximate surface area is 197 Å². The summed E-state index contributed by atoms with van der Waals surface area (Å²) in [6.45, 7) is 0. The summed E-state index contributed by atoms with van der Waals surface area (Å²) >= 11 is 5.99. The summed E-state index contributed by atoms with van der Waals surface area (Å²) in [6.07, 6.45) is 0.399. The van der Waals surface area contributed by atoms with E-state index >= 15 is 0 Å². The first kappa shape index (κ1) is 22.9. The van der Waals surface area contributed by atoms with Crippen molar-refractivity contribution >= 4 is 33.4 Å². The molecule has 0 fully saturated rings. The van der Waals surface area contributed by atoms with Crippen molar-refractivity contribution in [2.75, 3.05) is 11.8 Å². The second kappa shape index (κ2) is 9.33. The number of benzene rings is 3. The molecule has 0 saturated heterocycles. The van der Waals surface area contributed by atoms with Crippen LogP contribution in [-0.4, -0.2) is 32.8 Å². The van der Waals surface area contributed by atoms with Crippen LogP contribution in [-0.2, 0) is 22.9 Å². The third-order valence-electron chi connectivity index (χ3n) is 5.71. The molecule has 1 amide bonds. The molecule has 33 heavy (non-hydrogen) atoms. The fourth-order valence-electron chi connectivity index (χ4n) is 4.20. The highest BCUT2D eigenvalue weighted by molar-refractivity contribution is 7.92. The van der Waals surface area contributed by atoms with E-state index in [9.17, 15) is 13.2 Å². The molecular formula is C24H23ClN2O5S. The maximum Gasteiger partial charge on any atom is 0.404 e. The van der Waals surface area contributed by atoms with Crippen molar-refractivity contribution in [3.63, 3.8) is 0 Å². The van der Waals surface area contributed by atoms with Gasteiger partial charge in [-0.3, -0.25) is 4.72 Å². The van der Waals surface area contributed by atoms with Crippen molar-refractivity contribution in [2.24, 2.45) is 0 Å². The lowest BCUT2D eigenvalue weighted by Crippen LogP contribution is -2.38. The summed E-state index contributed by atoms with van der Waals surface area (Å²) in [4.78, 5) is 11.2. The number of fused-ring (bicyclic) bond motifs is 1. The molecule has 1 aliphatic carbocycles. The van der Waals surface area contributed by atoms with Gasteiger partial charge < -0.3 is 15.2 Å². The van der Waals surface area contributed by atoms with E-state index in [2.05, 4.69) is 10.0 Å². The van der Waals surface area contributed by atoms with Crippen molar-refractivity contribution in [1.82, 2.24) is 5.32 Å². The van der Waals surface area contributed by atoms with Crippen molar-refractivity contribution in [1.29, 1.82) is 0 Å². The van der Waals surface area contributed by atoms with Crippen LogP contribution in [0.5, 0.6) is 5.75 Å². The third kappa shape index (κ3) is 4.91. The highest BCUT2D eigenvalue weighted by atomic mass is 35.5. The topological polar surface area (TPSA) is 105 Å². The minimum atomic E-state index is -3.92. The summed E-state index contributed by atoms with van der Waals surface area (Å²) in [7, 11) is -2.38. The average Bonchev–Trinajstić information content (AvgIpc) is 2.79. The Morgan fingerprint density at radius 1 is 1.06 bits per heavy atom. The quantitative estimate of drug-likeness (QED) is 0.457. The summed E-state index contributed by atoms with van der Waals surface area (Å²) in [5.74, 6) is 0.603. The van der Waals surface area contributed by atoms with E-state index in [0.717, 1.165) is 16.7 Å². The predicted octanol–water partition coefficient (Wildman–Crippen LogP) is 4.94. The monoisotopic (exact) mass is 486 g/mol. The van der Waals surface area contributed by atoms with Crippen LogP contribution in [0.15, 0.2) is 65.6 Å². The standard InChI is InChI=1S/C24H23ClN2O5S/c1-32-22-13-12-21(19-11-10-17(14-20(19)22)26-24(28)29)27-33(30,31)23-5-3-2-4-18(23)15-6-8-16(25)9-7-15/h2-9,12-13,17,26-27H,10-11,14H2,1H3,(H,28,29)/t17-/m0/s1. The number of ether oxygens (including phenoxy) is 1. The van der Waals surface area contributed by atoms with Gasteiger partial charge in [-0.1, -0.05) is 41.9 Å². The van der Waals surface area contributed by atoms with Crippen LogP contribution >= 0.6 is 11.6 Å². The fraction of sp³-hybridized carbons (Fsp3) is 0.208. The molecule has 7 nitrogen and oxygen atoms in total. The number of anilines is 1. The van der Waals surface area contributed by atoms with Gasteiger partial charge in [0.05, 0.1) is 17.7 Å².